The summed E-state index contributed by atoms with van der Waals surface area (Å²) in [5.41, 5.74) is 7.99. The van der Waals surface area contributed by atoms with Gasteiger partial charge in [0.15, 0.2) is 0 Å². The predicted octanol–water partition coefficient (Wildman–Crippen LogP) is 3.11. The Morgan fingerprint density at radius 3 is 2.70 bits per heavy atom. The molecule has 0 saturated heterocycles. The molecule has 1 aromatic carbocycles. The van der Waals surface area contributed by atoms with E-state index in [1.807, 2.05) is 17.9 Å². The molecule has 0 aliphatic heterocycles. The van der Waals surface area contributed by atoms with Gasteiger partial charge in [-0.2, -0.15) is 0 Å². The van der Waals surface area contributed by atoms with E-state index in [1.165, 1.54) is 11.1 Å². The van der Waals surface area contributed by atoms with Crippen molar-refractivity contribution in [3.63, 3.8) is 0 Å². The standard InChI is InChI=1S/C17H28N2O/c1-4-19(13-16-7-5-6-15(3)12-16)17(20)9-8-14(2)10-11-18/h5-7,12,14H,4,8-11,13,18H2,1-3H3. The van der Waals surface area contributed by atoms with Gasteiger partial charge in [0, 0.05) is 19.5 Å². The summed E-state index contributed by atoms with van der Waals surface area (Å²) in [6.45, 7) is 8.46. The average Bonchev–Trinajstić information content (AvgIpc) is 2.42. The minimum Gasteiger partial charge on any atom is -0.339 e. The lowest BCUT2D eigenvalue weighted by Gasteiger charge is -2.22. The first-order chi connectivity index (χ1) is 9.56. The maximum absolute atomic E-state index is 12.3. The number of nitrogens with two attached hydrogens (primary N) is 1. The second-order valence-corrected chi connectivity index (χ2v) is 5.62. The van der Waals surface area contributed by atoms with E-state index in [2.05, 4.69) is 32.0 Å². The van der Waals surface area contributed by atoms with Crippen LogP contribution in [0.1, 0.15) is 44.2 Å². The lowest BCUT2D eigenvalue weighted by molar-refractivity contribution is -0.131. The van der Waals surface area contributed by atoms with Crippen molar-refractivity contribution < 1.29 is 4.79 Å². The molecule has 3 heteroatoms. The smallest absolute Gasteiger partial charge is 0.222 e. The normalized spacial score (nSPS) is 12.2. The Hall–Kier alpha value is -1.35. The van der Waals surface area contributed by atoms with Gasteiger partial charge in [-0.05, 0) is 44.7 Å². The molecule has 0 bridgehead atoms. The molecule has 1 amide bonds. The molecular weight excluding hydrogens is 248 g/mol. The van der Waals surface area contributed by atoms with Crippen molar-refractivity contribution >= 4 is 5.91 Å². The highest BCUT2D eigenvalue weighted by atomic mass is 16.2. The summed E-state index contributed by atoms with van der Waals surface area (Å²) in [4.78, 5) is 14.2. The summed E-state index contributed by atoms with van der Waals surface area (Å²) in [5, 5.41) is 0. The van der Waals surface area contributed by atoms with Crippen LogP contribution in [0.2, 0.25) is 0 Å². The zero-order chi connectivity index (χ0) is 15.0. The fourth-order valence-corrected chi connectivity index (χ4v) is 2.36. The van der Waals surface area contributed by atoms with Crippen molar-refractivity contribution in [3.8, 4) is 0 Å². The minimum absolute atomic E-state index is 0.248. The maximum Gasteiger partial charge on any atom is 0.222 e. The first kappa shape index (κ1) is 16.7. The molecule has 2 N–H and O–H groups in total. The Morgan fingerprint density at radius 1 is 1.35 bits per heavy atom. The molecule has 0 aliphatic rings. The molecule has 0 radical (unpaired) electrons. The third-order valence-corrected chi connectivity index (χ3v) is 3.70. The van der Waals surface area contributed by atoms with Gasteiger partial charge in [0.2, 0.25) is 5.91 Å². The third kappa shape index (κ3) is 5.74. The SMILES string of the molecule is CCN(Cc1cccc(C)c1)C(=O)CCC(C)CCN. The Morgan fingerprint density at radius 2 is 2.10 bits per heavy atom. The summed E-state index contributed by atoms with van der Waals surface area (Å²) in [5.74, 6) is 0.777. The van der Waals surface area contributed by atoms with Crippen molar-refractivity contribution in [1.82, 2.24) is 4.90 Å². The lowest BCUT2D eigenvalue weighted by atomic mass is 10.0. The molecule has 1 rings (SSSR count). The van der Waals surface area contributed by atoms with Gasteiger partial charge in [-0.25, -0.2) is 0 Å². The maximum atomic E-state index is 12.3. The summed E-state index contributed by atoms with van der Waals surface area (Å²) >= 11 is 0. The fraction of sp³-hybridized carbons (Fsp3) is 0.588. The van der Waals surface area contributed by atoms with Gasteiger partial charge in [0.05, 0.1) is 0 Å². The Labute approximate surface area is 123 Å². The summed E-state index contributed by atoms with van der Waals surface area (Å²) in [6, 6.07) is 8.36. The van der Waals surface area contributed by atoms with Crippen LogP contribution in [0.15, 0.2) is 24.3 Å². The van der Waals surface area contributed by atoms with Crippen LogP contribution in [0.25, 0.3) is 0 Å². The Bertz CT molecular complexity index is 417. The van der Waals surface area contributed by atoms with Gasteiger partial charge in [-0.1, -0.05) is 36.8 Å². The summed E-state index contributed by atoms with van der Waals surface area (Å²) < 4.78 is 0. The van der Waals surface area contributed by atoms with Crippen LogP contribution in [0, 0.1) is 12.8 Å². The molecule has 0 heterocycles. The third-order valence-electron chi connectivity index (χ3n) is 3.70. The molecule has 0 saturated carbocycles. The number of hydrogen-bond donors (Lipinski definition) is 1. The second-order valence-electron chi connectivity index (χ2n) is 5.62. The van der Waals surface area contributed by atoms with Crippen LogP contribution in [-0.2, 0) is 11.3 Å². The molecule has 1 aromatic rings. The van der Waals surface area contributed by atoms with Crippen molar-refractivity contribution in [2.24, 2.45) is 11.7 Å². The molecule has 20 heavy (non-hydrogen) atoms. The van der Waals surface area contributed by atoms with E-state index in [0.717, 1.165) is 19.4 Å². The number of carbonyl (C=O) groups excluding carboxylic acids is 1. The zero-order valence-electron chi connectivity index (χ0n) is 13.1. The molecule has 3 nitrogen and oxygen atoms in total. The summed E-state index contributed by atoms with van der Waals surface area (Å²) in [6.07, 6.45) is 2.55. The number of benzene rings is 1. The fourth-order valence-electron chi connectivity index (χ4n) is 2.36. The number of amides is 1. The Kier molecular flexibility index (Phi) is 7.31. The van der Waals surface area contributed by atoms with Gasteiger partial charge in [-0.15, -0.1) is 0 Å². The zero-order valence-corrected chi connectivity index (χ0v) is 13.1. The number of nitrogens with zero attached hydrogens (tertiary/aromatic N) is 1. The molecule has 1 atom stereocenters. The number of rotatable bonds is 8. The Balaban J connectivity index is 2.51. The monoisotopic (exact) mass is 276 g/mol. The van der Waals surface area contributed by atoms with Gasteiger partial charge in [-0.3, -0.25) is 4.79 Å². The van der Waals surface area contributed by atoms with E-state index in [0.29, 0.717) is 25.4 Å². The number of aryl methyl sites for hydroxylation is 1. The van der Waals surface area contributed by atoms with Gasteiger partial charge in [0.25, 0.3) is 0 Å². The van der Waals surface area contributed by atoms with Gasteiger partial charge >= 0.3 is 0 Å². The highest BCUT2D eigenvalue weighted by Crippen LogP contribution is 2.13. The van der Waals surface area contributed by atoms with Gasteiger partial charge < -0.3 is 10.6 Å². The minimum atomic E-state index is 0.248. The topological polar surface area (TPSA) is 46.3 Å². The molecule has 112 valence electrons. The van der Waals surface area contributed by atoms with E-state index < -0.39 is 0 Å². The molecule has 0 spiro atoms. The van der Waals surface area contributed by atoms with Crippen LogP contribution in [0.4, 0.5) is 0 Å². The molecule has 0 fully saturated rings. The van der Waals surface area contributed by atoms with Crippen molar-refractivity contribution in [2.45, 2.75) is 46.6 Å². The van der Waals surface area contributed by atoms with Crippen molar-refractivity contribution in [2.75, 3.05) is 13.1 Å². The molecule has 0 aromatic heterocycles. The molecular formula is C17H28N2O. The first-order valence-corrected chi connectivity index (χ1v) is 7.60. The van der Waals surface area contributed by atoms with E-state index in [-0.39, 0.29) is 5.91 Å². The van der Waals surface area contributed by atoms with Gasteiger partial charge in [0.1, 0.15) is 0 Å². The van der Waals surface area contributed by atoms with Crippen LogP contribution >= 0.6 is 0 Å². The summed E-state index contributed by atoms with van der Waals surface area (Å²) in [7, 11) is 0. The highest BCUT2D eigenvalue weighted by molar-refractivity contribution is 5.76. The first-order valence-electron chi connectivity index (χ1n) is 7.60. The van der Waals surface area contributed by atoms with Crippen LogP contribution in [-0.4, -0.2) is 23.9 Å². The van der Waals surface area contributed by atoms with Crippen molar-refractivity contribution in [3.05, 3.63) is 35.4 Å². The predicted molar refractivity (Wildman–Crippen MR) is 84.3 cm³/mol. The largest absolute Gasteiger partial charge is 0.339 e. The number of hydrogen-bond acceptors (Lipinski definition) is 2. The molecule has 1 unspecified atom stereocenters. The van der Waals surface area contributed by atoms with Crippen LogP contribution in [0.5, 0.6) is 0 Å². The van der Waals surface area contributed by atoms with E-state index in [4.69, 9.17) is 5.73 Å². The number of carbonyl (C=O) groups is 1. The average molecular weight is 276 g/mol. The van der Waals surface area contributed by atoms with E-state index in [1.54, 1.807) is 0 Å². The highest BCUT2D eigenvalue weighted by Gasteiger charge is 2.13. The van der Waals surface area contributed by atoms with E-state index in [9.17, 15) is 4.79 Å². The molecule has 0 aliphatic carbocycles. The van der Waals surface area contributed by atoms with Crippen LogP contribution in [0.3, 0.4) is 0 Å². The van der Waals surface area contributed by atoms with Crippen molar-refractivity contribution in [1.29, 1.82) is 0 Å². The van der Waals surface area contributed by atoms with Crippen LogP contribution < -0.4 is 5.73 Å². The lowest BCUT2D eigenvalue weighted by Crippen LogP contribution is -2.30. The van der Waals surface area contributed by atoms with E-state index >= 15 is 0 Å². The quantitative estimate of drug-likeness (QED) is 0.793. The second kappa shape index (κ2) is 8.75.